The number of halogens is 3. The number of carbonyl (C=O) groups is 2. The van der Waals surface area contributed by atoms with Crippen LogP contribution in [0.3, 0.4) is 0 Å². The lowest BCUT2D eigenvalue weighted by atomic mass is 10.1. The quantitative estimate of drug-likeness (QED) is 0.548. The number of hydrogen-bond acceptors (Lipinski definition) is 5. The SMILES string of the molecule is CC1C(=O)N(c2ccc(S(=O)(=O)C(F)(F)F)cc2)C(=O)N1Cc1ccnc2ccccc12. The van der Waals surface area contributed by atoms with Crippen LogP contribution in [0.15, 0.2) is 65.7 Å². The summed E-state index contributed by atoms with van der Waals surface area (Å²) in [6.07, 6.45) is 1.60. The van der Waals surface area contributed by atoms with Gasteiger partial charge in [-0.2, -0.15) is 13.2 Å². The molecule has 1 unspecified atom stereocenters. The van der Waals surface area contributed by atoms with Crippen molar-refractivity contribution in [2.24, 2.45) is 0 Å². The van der Waals surface area contributed by atoms with Crippen molar-refractivity contribution in [3.05, 3.63) is 66.4 Å². The topological polar surface area (TPSA) is 87.7 Å². The number of amides is 3. The molecule has 0 spiro atoms. The molecule has 3 aromatic rings. The van der Waals surface area contributed by atoms with Gasteiger partial charge >= 0.3 is 11.5 Å². The van der Waals surface area contributed by atoms with Crippen LogP contribution in [0, 0.1) is 0 Å². The van der Waals surface area contributed by atoms with Gasteiger partial charge in [0.05, 0.1) is 16.1 Å². The molecule has 0 N–H and O–H groups in total. The van der Waals surface area contributed by atoms with Gasteiger partial charge in [-0.1, -0.05) is 18.2 Å². The Labute approximate surface area is 181 Å². The molecule has 1 atom stereocenters. The summed E-state index contributed by atoms with van der Waals surface area (Å²) < 4.78 is 61.3. The zero-order chi connectivity index (χ0) is 23.3. The highest BCUT2D eigenvalue weighted by Gasteiger charge is 2.47. The fraction of sp³-hybridized carbons (Fsp3) is 0.190. The summed E-state index contributed by atoms with van der Waals surface area (Å²) in [7, 11) is -5.53. The van der Waals surface area contributed by atoms with Gasteiger partial charge in [-0.3, -0.25) is 9.78 Å². The van der Waals surface area contributed by atoms with Crippen LogP contribution in [0.2, 0.25) is 0 Å². The number of rotatable bonds is 4. The number of aromatic nitrogens is 1. The minimum Gasteiger partial charge on any atom is -0.308 e. The van der Waals surface area contributed by atoms with Crippen molar-refractivity contribution < 1.29 is 31.2 Å². The van der Waals surface area contributed by atoms with Crippen LogP contribution >= 0.6 is 0 Å². The highest BCUT2D eigenvalue weighted by Crippen LogP contribution is 2.33. The van der Waals surface area contributed by atoms with Gasteiger partial charge in [0, 0.05) is 18.1 Å². The minimum atomic E-state index is -5.53. The molecule has 0 bridgehead atoms. The molecule has 1 saturated heterocycles. The molecule has 0 aliphatic carbocycles. The number of pyridine rings is 1. The molecule has 1 aromatic heterocycles. The Bertz CT molecular complexity index is 1320. The summed E-state index contributed by atoms with van der Waals surface area (Å²) in [5.74, 6) is -0.570. The third-order valence-corrected chi connectivity index (χ3v) is 6.77. The number of fused-ring (bicyclic) bond motifs is 1. The average Bonchev–Trinajstić information content (AvgIpc) is 2.96. The fourth-order valence-corrected chi connectivity index (χ4v) is 4.30. The van der Waals surface area contributed by atoms with E-state index in [2.05, 4.69) is 4.98 Å². The van der Waals surface area contributed by atoms with Crippen LogP contribution in [-0.2, 0) is 21.2 Å². The summed E-state index contributed by atoms with van der Waals surface area (Å²) in [6.45, 7) is 1.66. The maximum absolute atomic E-state index is 13.0. The molecule has 2 heterocycles. The molecule has 1 aliphatic heterocycles. The Hall–Kier alpha value is -3.47. The smallest absolute Gasteiger partial charge is 0.308 e. The Morgan fingerprint density at radius 3 is 2.31 bits per heavy atom. The lowest BCUT2D eigenvalue weighted by Gasteiger charge is -2.20. The first-order chi connectivity index (χ1) is 15.0. The lowest BCUT2D eigenvalue weighted by Crippen LogP contribution is -2.33. The second-order valence-corrected chi connectivity index (χ2v) is 9.13. The third kappa shape index (κ3) is 3.48. The number of para-hydroxylation sites is 1. The summed E-state index contributed by atoms with van der Waals surface area (Å²) in [5.41, 5.74) is -3.96. The van der Waals surface area contributed by atoms with Crippen LogP contribution in [0.1, 0.15) is 12.5 Å². The second kappa shape index (κ2) is 7.59. The summed E-state index contributed by atoms with van der Waals surface area (Å²) in [5, 5.41) is 0.822. The van der Waals surface area contributed by atoms with Crippen molar-refractivity contribution in [3.63, 3.8) is 0 Å². The average molecular weight is 463 g/mol. The minimum absolute atomic E-state index is 0.0185. The molecule has 7 nitrogen and oxygen atoms in total. The molecular formula is C21H16F3N3O4S. The Morgan fingerprint density at radius 2 is 1.66 bits per heavy atom. The summed E-state index contributed by atoms with van der Waals surface area (Å²) in [4.78, 5) is 31.3. The highest BCUT2D eigenvalue weighted by molar-refractivity contribution is 7.92. The van der Waals surface area contributed by atoms with Crippen LogP contribution in [0.5, 0.6) is 0 Å². The Balaban J connectivity index is 1.63. The molecule has 0 saturated carbocycles. The van der Waals surface area contributed by atoms with Crippen molar-refractivity contribution in [1.29, 1.82) is 0 Å². The maximum Gasteiger partial charge on any atom is 0.501 e. The van der Waals surface area contributed by atoms with E-state index in [1.54, 1.807) is 19.2 Å². The Morgan fingerprint density at radius 1 is 1.00 bits per heavy atom. The van der Waals surface area contributed by atoms with Crippen LogP contribution in [0.4, 0.5) is 23.7 Å². The zero-order valence-electron chi connectivity index (χ0n) is 16.6. The first-order valence-corrected chi connectivity index (χ1v) is 10.9. The number of imide groups is 1. The molecule has 0 radical (unpaired) electrons. The molecule has 1 aliphatic rings. The van der Waals surface area contributed by atoms with Gasteiger partial charge in [0.1, 0.15) is 6.04 Å². The lowest BCUT2D eigenvalue weighted by molar-refractivity contribution is -0.119. The summed E-state index contributed by atoms with van der Waals surface area (Å²) in [6, 6.07) is 11.1. The monoisotopic (exact) mass is 463 g/mol. The molecule has 166 valence electrons. The van der Waals surface area contributed by atoms with Gasteiger partial charge < -0.3 is 4.90 Å². The van der Waals surface area contributed by atoms with Gasteiger partial charge in [-0.25, -0.2) is 18.1 Å². The van der Waals surface area contributed by atoms with E-state index in [-0.39, 0.29) is 12.2 Å². The van der Waals surface area contributed by atoms with Crippen molar-refractivity contribution in [2.75, 3.05) is 4.90 Å². The van der Waals surface area contributed by atoms with Gasteiger partial charge in [-0.05, 0) is 48.9 Å². The number of carbonyl (C=O) groups excluding carboxylic acids is 2. The van der Waals surface area contributed by atoms with Crippen LogP contribution < -0.4 is 4.90 Å². The number of anilines is 1. The standard InChI is InChI=1S/C21H16F3N3O4S/c1-13-19(28)27(15-6-8-16(9-7-15)32(30,31)21(22,23)24)20(29)26(13)12-14-10-11-25-18-5-3-2-4-17(14)18/h2-11,13H,12H2,1H3. The van der Waals surface area contributed by atoms with E-state index in [9.17, 15) is 31.2 Å². The molecule has 2 aromatic carbocycles. The van der Waals surface area contributed by atoms with E-state index in [0.29, 0.717) is 0 Å². The number of sulfone groups is 1. The third-order valence-electron chi connectivity index (χ3n) is 5.27. The second-order valence-electron chi connectivity index (χ2n) is 7.19. The number of urea groups is 1. The number of nitrogens with zero attached hydrogens (tertiary/aromatic N) is 3. The fourth-order valence-electron chi connectivity index (χ4n) is 3.54. The number of hydrogen-bond donors (Lipinski definition) is 0. The molecule has 3 amide bonds. The van der Waals surface area contributed by atoms with Crippen molar-refractivity contribution >= 4 is 38.4 Å². The van der Waals surface area contributed by atoms with Crippen LogP contribution in [-0.4, -0.2) is 41.8 Å². The first kappa shape index (κ1) is 21.8. The molecule has 32 heavy (non-hydrogen) atoms. The summed E-state index contributed by atoms with van der Waals surface area (Å²) >= 11 is 0. The van der Waals surface area contributed by atoms with E-state index in [4.69, 9.17) is 0 Å². The predicted molar refractivity (Wildman–Crippen MR) is 109 cm³/mol. The number of benzene rings is 2. The van der Waals surface area contributed by atoms with Crippen LogP contribution in [0.25, 0.3) is 10.9 Å². The molecule has 4 rings (SSSR count). The van der Waals surface area contributed by atoms with Gasteiger partial charge in [0.25, 0.3) is 15.7 Å². The van der Waals surface area contributed by atoms with E-state index in [0.717, 1.165) is 45.6 Å². The zero-order valence-corrected chi connectivity index (χ0v) is 17.4. The predicted octanol–water partition coefficient (Wildman–Crippen LogP) is 3.89. The van der Waals surface area contributed by atoms with Crippen molar-refractivity contribution in [2.45, 2.75) is 29.9 Å². The Kier molecular flexibility index (Phi) is 5.16. The normalized spacial score (nSPS) is 17.4. The maximum atomic E-state index is 13.0. The van der Waals surface area contributed by atoms with E-state index < -0.39 is 38.2 Å². The molecule has 1 fully saturated rings. The van der Waals surface area contributed by atoms with Crippen molar-refractivity contribution in [1.82, 2.24) is 9.88 Å². The van der Waals surface area contributed by atoms with Gasteiger partial charge in [0.2, 0.25) is 0 Å². The van der Waals surface area contributed by atoms with E-state index >= 15 is 0 Å². The van der Waals surface area contributed by atoms with Gasteiger partial charge in [0.15, 0.2) is 0 Å². The van der Waals surface area contributed by atoms with Gasteiger partial charge in [-0.15, -0.1) is 0 Å². The highest BCUT2D eigenvalue weighted by atomic mass is 32.2. The molecular weight excluding hydrogens is 447 g/mol. The van der Waals surface area contributed by atoms with E-state index in [1.807, 2.05) is 24.3 Å². The number of alkyl halides is 3. The van der Waals surface area contributed by atoms with E-state index in [1.165, 1.54) is 4.90 Å². The van der Waals surface area contributed by atoms with Crippen molar-refractivity contribution in [3.8, 4) is 0 Å². The largest absolute Gasteiger partial charge is 0.501 e. The molecule has 11 heteroatoms. The first-order valence-electron chi connectivity index (χ1n) is 9.41.